The van der Waals surface area contributed by atoms with Crippen LogP contribution in [0, 0.1) is 0 Å². The molecule has 0 radical (unpaired) electrons. The van der Waals surface area contributed by atoms with Gasteiger partial charge in [0.2, 0.25) is 10.0 Å². The Hall–Kier alpha value is -2.42. The molecule has 0 aliphatic carbocycles. The molecule has 1 aliphatic heterocycles. The SMILES string of the molecule is COc1ccccc1CN(CCO)C(=O)c1cccc(S(=O)(=O)N2CCCCCC2)c1. The smallest absolute Gasteiger partial charge is 0.254 e. The third kappa shape index (κ3) is 5.64. The molecule has 0 saturated carbocycles. The van der Waals surface area contributed by atoms with E-state index in [2.05, 4.69) is 0 Å². The van der Waals surface area contributed by atoms with Crippen LogP contribution >= 0.6 is 0 Å². The summed E-state index contributed by atoms with van der Waals surface area (Å²) in [5, 5.41) is 9.49. The van der Waals surface area contributed by atoms with Gasteiger partial charge in [-0.1, -0.05) is 37.1 Å². The van der Waals surface area contributed by atoms with Crippen LogP contribution in [0.1, 0.15) is 41.6 Å². The Morgan fingerprint density at radius 2 is 1.77 bits per heavy atom. The third-order valence-electron chi connectivity index (χ3n) is 5.49. The van der Waals surface area contributed by atoms with Gasteiger partial charge < -0.3 is 14.7 Å². The van der Waals surface area contributed by atoms with Gasteiger partial charge in [-0.3, -0.25) is 4.79 Å². The number of rotatable bonds is 8. The minimum atomic E-state index is -3.66. The molecule has 2 aromatic carbocycles. The van der Waals surface area contributed by atoms with Crippen LogP contribution in [0.3, 0.4) is 0 Å². The Balaban J connectivity index is 1.86. The predicted octanol–water partition coefficient (Wildman–Crippen LogP) is 2.89. The number of aliphatic hydroxyl groups excluding tert-OH is 1. The fourth-order valence-electron chi connectivity index (χ4n) is 3.82. The van der Waals surface area contributed by atoms with Gasteiger partial charge in [0.25, 0.3) is 5.91 Å². The molecule has 0 bridgehead atoms. The summed E-state index contributed by atoms with van der Waals surface area (Å²) >= 11 is 0. The van der Waals surface area contributed by atoms with E-state index in [4.69, 9.17) is 4.74 Å². The first kappa shape index (κ1) is 23.2. The lowest BCUT2D eigenvalue weighted by molar-refractivity contribution is 0.0706. The van der Waals surface area contributed by atoms with Crippen LogP contribution < -0.4 is 4.74 Å². The van der Waals surface area contributed by atoms with E-state index in [1.807, 2.05) is 24.3 Å². The molecule has 8 heteroatoms. The van der Waals surface area contributed by atoms with Crippen molar-refractivity contribution in [3.8, 4) is 5.75 Å². The molecule has 1 aliphatic rings. The molecule has 0 spiro atoms. The molecule has 0 unspecified atom stereocenters. The maximum absolute atomic E-state index is 13.2. The van der Waals surface area contributed by atoms with Gasteiger partial charge in [0.15, 0.2) is 0 Å². The summed E-state index contributed by atoms with van der Waals surface area (Å²) in [6.45, 7) is 1.18. The summed E-state index contributed by atoms with van der Waals surface area (Å²) in [7, 11) is -2.09. The molecule has 1 amide bonds. The first-order valence-electron chi connectivity index (χ1n) is 10.6. The topological polar surface area (TPSA) is 87.1 Å². The average Bonchev–Trinajstić information content (AvgIpc) is 3.09. The maximum Gasteiger partial charge on any atom is 0.254 e. The van der Waals surface area contributed by atoms with Crippen LogP contribution in [-0.4, -0.2) is 62.0 Å². The average molecular weight is 447 g/mol. The summed E-state index contributed by atoms with van der Waals surface area (Å²) in [4.78, 5) is 14.8. The minimum absolute atomic E-state index is 0.125. The van der Waals surface area contributed by atoms with Crippen molar-refractivity contribution in [2.45, 2.75) is 37.1 Å². The van der Waals surface area contributed by atoms with E-state index in [9.17, 15) is 18.3 Å². The summed E-state index contributed by atoms with van der Waals surface area (Å²) in [5.74, 6) is 0.309. The largest absolute Gasteiger partial charge is 0.496 e. The molecular weight excluding hydrogens is 416 g/mol. The molecule has 0 atom stereocenters. The Labute approximate surface area is 184 Å². The second-order valence-corrected chi connectivity index (χ2v) is 9.55. The normalized spacial score (nSPS) is 15.3. The number of hydrogen-bond acceptors (Lipinski definition) is 5. The van der Waals surface area contributed by atoms with E-state index in [0.717, 1.165) is 31.2 Å². The van der Waals surface area contributed by atoms with Crippen molar-refractivity contribution in [1.29, 1.82) is 0 Å². The first-order valence-corrected chi connectivity index (χ1v) is 12.0. The predicted molar refractivity (Wildman–Crippen MR) is 118 cm³/mol. The molecule has 2 aromatic rings. The summed E-state index contributed by atoms with van der Waals surface area (Å²) in [6.07, 6.45) is 3.76. The van der Waals surface area contributed by atoms with Gasteiger partial charge in [-0.25, -0.2) is 8.42 Å². The van der Waals surface area contributed by atoms with Crippen LogP contribution in [0.4, 0.5) is 0 Å². The van der Waals surface area contributed by atoms with Crippen molar-refractivity contribution in [2.75, 3.05) is 33.4 Å². The van der Waals surface area contributed by atoms with E-state index in [0.29, 0.717) is 18.8 Å². The van der Waals surface area contributed by atoms with E-state index in [1.54, 1.807) is 19.2 Å². The van der Waals surface area contributed by atoms with Crippen molar-refractivity contribution < 1.29 is 23.1 Å². The minimum Gasteiger partial charge on any atom is -0.496 e. The quantitative estimate of drug-likeness (QED) is 0.674. The Morgan fingerprint density at radius 1 is 1.06 bits per heavy atom. The van der Waals surface area contributed by atoms with Gasteiger partial charge >= 0.3 is 0 Å². The van der Waals surface area contributed by atoms with Crippen LogP contribution in [0.5, 0.6) is 5.75 Å². The maximum atomic E-state index is 13.2. The second kappa shape index (κ2) is 10.7. The standard InChI is InChI=1S/C23H30N2O5S/c1-30-22-12-5-4-9-20(22)18-24(15-16-26)23(27)19-10-8-11-21(17-19)31(28,29)25-13-6-2-3-7-14-25/h4-5,8-12,17,26H,2-3,6-7,13-16,18H2,1H3. The second-order valence-electron chi connectivity index (χ2n) is 7.61. The molecule has 1 N–H and O–H groups in total. The van der Waals surface area contributed by atoms with Crippen molar-refractivity contribution in [1.82, 2.24) is 9.21 Å². The zero-order chi connectivity index (χ0) is 22.3. The molecular formula is C23H30N2O5S. The zero-order valence-corrected chi connectivity index (χ0v) is 18.7. The molecule has 7 nitrogen and oxygen atoms in total. The fraction of sp³-hybridized carbons (Fsp3) is 0.435. The number of nitrogens with zero attached hydrogens (tertiary/aromatic N) is 2. The van der Waals surface area contributed by atoms with Crippen LogP contribution in [0.15, 0.2) is 53.4 Å². The Morgan fingerprint density at radius 3 is 2.45 bits per heavy atom. The number of carbonyl (C=O) groups is 1. The molecule has 1 heterocycles. The lowest BCUT2D eigenvalue weighted by Gasteiger charge is -2.24. The molecule has 168 valence electrons. The van der Waals surface area contributed by atoms with Gasteiger partial charge in [-0.15, -0.1) is 0 Å². The number of sulfonamides is 1. The number of aliphatic hydroxyl groups is 1. The van der Waals surface area contributed by atoms with Crippen molar-refractivity contribution in [3.63, 3.8) is 0 Å². The summed E-state index contributed by atoms with van der Waals surface area (Å²) in [5.41, 5.74) is 1.08. The number of methoxy groups -OCH3 is 1. The highest BCUT2D eigenvalue weighted by molar-refractivity contribution is 7.89. The van der Waals surface area contributed by atoms with Crippen LogP contribution in [0.2, 0.25) is 0 Å². The van der Waals surface area contributed by atoms with Crippen molar-refractivity contribution in [2.24, 2.45) is 0 Å². The van der Waals surface area contributed by atoms with Gasteiger partial charge in [-0.05, 0) is 37.1 Å². The molecule has 3 rings (SSSR count). The number of amides is 1. The summed E-state index contributed by atoms with van der Waals surface area (Å²) in [6, 6.07) is 13.5. The fourth-order valence-corrected chi connectivity index (χ4v) is 5.38. The molecule has 31 heavy (non-hydrogen) atoms. The highest BCUT2D eigenvalue weighted by Gasteiger charge is 2.26. The number of hydrogen-bond donors (Lipinski definition) is 1. The van der Waals surface area contributed by atoms with Crippen LogP contribution in [0.25, 0.3) is 0 Å². The van der Waals surface area contributed by atoms with Gasteiger partial charge in [0.05, 0.1) is 18.6 Å². The van der Waals surface area contributed by atoms with Crippen LogP contribution in [-0.2, 0) is 16.6 Å². The Bertz CT molecular complexity index is 985. The van der Waals surface area contributed by atoms with E-state index < -0.39 is 10.0 Å². The first-order chi connectivity index (χ1) is 15.0. The van der Waals surface area contributed by atoms with E-state index >= 15 is 0 Å². The lowest BCUT2D eigenvalue weighted by atomic mass is 10.1. The highest BCUT2D eigenvalue weighted by atomic mass is 32.2. The number of benzene rings is 2. The van der Waals surface area contributed by atoms with Gasteiger partial charge in [0.1, 0.15) is 5.75 Å². The molecule has 0 aromatic heterocycles. The number of carbonyl (C=O) groups excluding carboxylic acids is 1. The van der Waals surface area contributed by atoms with E-state index in [1.165, 1.54) is 21.3 Å². The van der Waals surface area contributed by atoms with Gasteiger partial charge in [-0.2, -0.15) is 4.31 Å². The number of ether oxygens (including phenoxy) is 1. The summed E-state index contributed by atoms with van der Waals surface area (Å²) < 4.78 is 33.1. The van der Waals surface area contributed by atoms with E-state index in [-0.39, 0.29) is 36.1 Å². The highest BCUT2D eigenvalue weighted by Crippen LogP contribution is 2.23. The van der Waals surface area contributed by atoms with Crippen molar-refractivity contribution >= 4 is 15.9 Å². The molecule has 1 fully saturated rings. The number of para-hydroxylation sites is 1. The zero-order valence-electron chi connectivity index (χ0n) is 17.9. The van der Waals surface area contributed by atoms with Crippen molar-refractivity contribution in [3.05, 3.63) is 59.7 Å². The molecule has 1 saturated heterocycles. The monoisotopic (exact) mass is 446 g/mol. The Kier molecular flexibility index (Phi) is 8.06. The third-order valence-corrected chi connectivity index (χ3v) is 7.39. The van der Waals surface area contributed by atoms with Gasteiger partial charge in [0, 0.05) is 37.3 Å². The lowest BCUT2D eigenvalue weighted by Crippen LogP contribution is -2.34.